The maximum atomic E-state index is 11.4. The number of amides is 1. The van der Waals surface area contributed by atoms with Crippen molar-refractivity contribution in [1.29, 1.82) is 0 Å². The predicted molar refractivity (Wildman–Crippen MR) is 82.9 cm³/mol. The van der Waals surface area contributed by atoms with Crippen molar-refractivity contribution in [3.8, 4) is 5.75 Å². The van der Waals surface area contributed by atoms with Crippen LogP contribution in [0.5, 0.6) is 5.75 Å². The van der Waals surface area contributed by atoms with Crippen LogP contribution in [-0.2, 0) is 4.79 Å². The highest BCUT2D eigenvalue weighted by molar-refractivity contribution is 9.10. The quantitative estimate of drug-likeness (QED) is 0.874. The summed E-state index contributed by atoms with van der Waals surface area (Å²) in [5.74, 6) is -0.0498. The Balaban J connectivity index is 2.49. The SMILES string of the molecule is CC(=O)NC(c1ccc(Cl)cc1)c1cc(Br)ccc1O. The molecule has 0 saturated heterocycles. The van der Waals surface area contributed by atoms with Gasteiger partial charge in [0, 0.05) is 22.0 Å². The third-order valence-electron chi connectivity index (χ3n) is 2.85. The van der Waals surface area contributed by atoms with Gasteiger partial charge in [0.15, 0.2) is 0 Å². The van der Waals surface area contributed by atoms with Gasteiger partial charge in [0.05, 0.1) is 6.04 Å². The molecule has 0 aliphatic rings. The highest BCUT2D eigenvalue weighted by atomic mass is 79.9. The van der Waals surface area contributed by atoms with Crippen molar-refractivity contribution in [2.75, 3.05) is 0 Å². The third-order valence-corrected chi connectivity index (χ3v) is 3.60. The lowest BCUT2D eigenvalue weighted by Crippen LogP contribution is -2.27. The van der Waals surface area contributed by atoms with Crippen molar-refractivity contribution in [1.82, 2.24) is 5.32 Å². The van der Waals surface area contributed by atoms with Crippen molar-refractivity contribution in [2.45, 2.75) is 13.0 Å². The molecule has 3 nitrogen and oxygen atoms in total. The third kappa shape index (κ3) is 3.52. The Bertz CT molecular complexity index is 628. The van der Waals surface area contributed by atoms with E-state index < -0.39 is 6.04 Å². The van der Waals surface area contributed by atoms with E-state index in [9.17, 15) is 9.90 Å². The number of rotatable bonds is 3. The predicted octanol–water partition coefficient (Wildman–Crippen LogP) is 4.03. The molecule has 2 aromatic rings. The molecular weight excluding hydrogens is 342 g/mol. The molecular formula is C15H13BrClNO2. The summed E-state index contributed by atoms with van der Waals surface area (Å²) in [6.45, 7) is 1.44. The molecule has 0 fully saturated rings. The van der Waals surface area contributed by atoms with E-state index in [4.69, 9.17) is 11.6 Å². The topological polar surface area (TPSA) is 49.3 Å². The average Bonchev–Trinajstić information content (AvgIpc) is 2.40. The zero-order valence-corrected chi connectivity index (χ0v) is 13.1. The maximum Gasteiger partial charge on any atom is 0.217 e. The van der Waals surface area contributed by atoms with Crippen LogP contribution >= 0.6 is 27.5 Å². The van der Waals surface area contributed by atoms with Gasteiger partial charge >= 0.3 is 0 Å². The number of phenols is 1. The second kappa shape index (κ2) is 6.29. The molecule has 2 N–H and O–H groups in total. The van der Waals surface area contributed by atoms with Crippen LogP contribution in [0, 0.1) is 0 Å². The molecule has 2 aromatic carbocycles. The lowest BCUT2D eigenvalue weighted by atomic mass is 9.98. The number of aromatic hydroxyl groups is 1. The van der Waals surface area contributed by atoms with Crippen molar-refractivity contribution >= 4 is 33.4 Å². The van der Waals surface area contributed by atoms with Crippen LogP contribution in [0.2, 0.25) is 5.02 Å². The van der Waals surface area contributed by atoms with Crippen LogP contribution in [0.15, 0.2) is 46.9 Å². The van der Waals surface area contributed by atoms with E-state index in [1.807, 2.05) is 12.1 Å². The highest BCUT2D eigenvalue weighted by Crippen LogP contribution is 2.32. The second-order valence-corrected chi connectivity index (χ2v) is 5.74. The molecule has 1 atom stereocenters. The first-order valence-corrected chi connectivity index (χ1v) is 7.15. The number of halogens is 2. The van der Waals surface area contributed by atoms with Gasteiger partial charge in [-0.1, -0.05) is 39.7 Å². The lowest BCUT2D eigenvalue weighted by molar-refractivity contribution is -0.119. The number of phenolic OH excluding ortho intramolecular Hbond substituents is 1. The van der Waals surface area contributed by atoms with E-state index in [0.717, 1.165) is 10.0 Å². The molecule has 1 amide bonds. The standard InChI is InChI=1S/C15H13BrClNO2/c1-9(19)18-15(10-2-5-12(17)6-3-10)13-8-11(16)4-7-14(13)20/h2-8,15,20H,1H3,(H,18,19). The van der Waals surface area contributed by atoms with Crippen molar-refractivity contribution in [2.24, 2.45) is 0 Å². The van der Waals surface area contributed by atoms with Crippen LogP contribution < -0.4 is 5.32 Å². The van der Waals surface area contributed by atoms with Crippen molar-refractivity contribution in [3.05, 3.63) is 63.1 Å². The molecule has 0 aliphatic heterocycles. The summed E-state index contributed by atoms with van der Waals surface area (Å²) in [5, 5.41) is 13.5. The fourth-order valence-electron chi connectivity index (χ4n) is 1.96. The smallest absolute Gasteiger partial charge is 0.217 e. The molecule has 5 heteroatoms. The van der Waals surface area contributed by atoms with E-state index in [-0.39, 0.29) is 11.7 Å². The van der Waals surface area contributed by atoms with Gasteiger partial charge in [-0.2, -0.15) is 0 Å². The van der Waals surface area contributed by atoms with Crippen molar-refractivity contribution in [3.63, 3.8) is 0 Å². The van der Waals surface area contributed by atoms with Crippen LogP contribution in [0.1, 0.15) is 24.1 Å². The molecule has 0 aliphatic carbocycles. The summed E-state index contributed by atoms with van der Waals surface area (Å²) < 4.78 is 0.828. The molecule has 0 aromatic heterocycles. The van der Waals surface area contributed by atoms with E-state index in [1.54, 1.807) is 30.3 Å². The first-order valence-electron chi connectivity index (χ1n) is 5.98. The minimum absolute atomic E-state index is 0.127. The highest BCUT2D eigenvalue weighted by Gasteiger charge is 2.19. The van der Waals surface area contributed by atoms with E-state index in [0.29, 0.717) is 10.6 Å². The summed E-state index contributed by atoms with van der Waals surface area (Å²) >= 11 is 9.25. The zero-order valence-electron chi connectivity index (χ0n) is 10.7. The van der Waals surface area contributed by atoms with Gasteiger partial charge < -0.3 is 10.4 Å². The normalized spacial score (nSPS) is 11.9. The fraction of sp³-hybridized carbons (Fsp3) is 0.133. The van der Waals surface area contributed by atoms with E-state index in [2.05, 4.69) is 21.2 Å². The molecule has 0 saturated carbocycles. The van der Waals surface area contributed by atoms with E-state index >= 15 is 0 Å². The Kier molecular flexibility index (Phi) is 4.68. The van der Waals surface area contributed by atoms with Gasteiger partial charge in [-0.25, -0.2) is 0 Å². The Labute approximate surface area is 130 Å². The molecule has 2 rings (SSSR count). The zero-order chi connectivity index (χ0) is 14.7. The first-order chi connectivity index (χ1) is 9.47. The molecule has 0 bridgehead atoms. The van der Waals surface area contributed by atoms with Crippen molar-refractivity contribution < 1.29 is 9.90 Å². The summed E-state index contributed by atoms with van der Waals surface area (Å²) in [6.07, 6.45) is 0. The maximum absolute atomic E-state index is 11.4. The lowest BCUT2D eigenvalue weighted by Gasteiger charge is -2.20. The molecule has 20 heavy (non-hydrogen) atoms. The number of hydrogen-bond acceptors (Lipinski definition) is 2. The van der Waals surface area contributed by atoms with Gasteiger partial charge in [0.2, 0.25) is 5.91 Å². The van der Waals surface area contributed by atoms with Gasteiger partial charge in [-0.15, -0.1) is 0 Å². The van der Waals surface area contributed by atoms with Gasteiger partial charge in [-0.3, -0.25) is 4.79 Å². The monoisotopic (exact) mass is 353 g/mol. The van der Waals surface area contributed by atoms with Gasteiger partial charge in [-0.05, 0) is 35.9 Å². The Morgan fingerprint density at radius 3 is 2.50 bits per heavy atom. The second-order valence-electron chi connectivity index (χ2n) is 4.39. The molecule has 1 unspecified atom stereocenters. The summed E-state index contributed by atoms with van der Waals surface area (Å²) in [7, 11) is 0. The summed E-state index contributed by atoms with van der Waals surface area (Å²) in [4.78, 5) is 11.4. The Morgan fingerprint density at radius 2 is 1.90 bits per heavy atom. The van der Waals surface area contributed by atoms with Crippen LogP contribution in [-0.4, -0.2) is 11.0 Å². The summed E-state index contributed by atoms with van der Waals surface area (Å²) in [5.41, 5.74) is 1.47. The number of nitrogens with one attached hydrogen (secondary N) is 1. The number of carbonyl (C=O) groups is 1. The van der Waals surface area contributed by atoms with Gasteiger partial charge in [0.1, 0.15) is 5.75 Å². The fourth-order valence-corrected chi connectivity index (χ4v) is 2.46. The van der Waals surface area contributed by atoms with Crippen LogP contribution in [0.25, 0.3) is 0 Å². The number of hydrogen-bond donors (Lipinski definition) is 2. The molecule has 104 valence electrons. The minimum atomic E-state index is -0.428. The molecule has 0 spiro atoms. The van der Waals surface area contributed by atoms with E-state index in [1.165, 1.54) is 6.92 Å². The summed E-state index contributed by atoms with van der Waals surface area (Å²) in [6, 6.07) is 11.8. The average molecular weight is 355 g/mol. The van der Waals surface area contributed by atoms with Crippen LogP contribution in [0.4, 0.5) is 0 Å². The molecule has 0 radical (unpaired) electrons. The number of carbonyl (C=O) groups excluding carboxylic acids is 1. The van der Waals surface area contributed by atoms with Crippen LogP contribution in [0.3, 0.4) is 0 Å². The Morgan fingerprint density at radius 1 is 1.25 bits per heavy atom. The molecule has 0 heterocycles. The Hall–Kier alpha value is -1.52. The first kappa shape index (κ1) is 14.9. The largest absolute Gasteiger partial charge is 0.508 e. The van der Waals surface area contributed by atoms with Gasteiger partial charge in [0.25, 0.3) is 0 Å². The number of benzene rings is 2. The minimum Gasteiger partial charge on any atom is -0.508 e.